The molecule has 0 aromatic heterocycles. The van der Waals surface area contributed by atoms with E-state index in [0.29, 0.717) is 5.69 Å². The minimum atomic E-state index is -0.687. The molecule has 0 radical (unpaired) electrons. The Balaban J connectivity index is 2.47. The number of rotatable bonds is 3. The van der Waals surface area contributed by atoms with Crippen molar-refractivity contribution in [1.82, 2.24) is 0 Å². The molecule has 0 saturated heterocycles. The highest BCUT2D eigenvalue weighted by Gasteiger charge is 2.06. The number of non-ortho nitro benzene ring substituents is 1. The van der Waals surface area contributed by atoms with Gasteiger partial charge in [0.2, 0.25) is 0 Å². The fourth-order valence-corrected chi connectivity index (χ4v) is 1.11. The number of carbonyl (C=O) groups excluding carboxylic acids is 1. The fourth-order valence-electron chi connectivity index (χ4n) is 1.02. The summed E-state index contributed by atoms with van der Waals surface area (Å²) in [7, 11) is 0. The van der Waals surface area contributed by atoms with Gasteiger partial charge in [-0.15, -0.1) is 11.6 Å². The molecule has 18 heavy (non-hydrogen) atoms. The Morgan fingerprint density at radius 3 is 2.61 bits per heavy atom. The minimum absolute atomic E-state index is 0.0538. The van der Waals surface area contributed by atoms with Crippen LogP contribution in [0.1, 0.15) is 0 Å². The Hall–Kier alpha value is -2.26. The zero-order valence-corrected chi connectivity index (χ0v) is 9.94. The number of anilines is 1. The Morgan fingerprint density at radius 1 is 1.39 bits per heavy atom. The topological polar surface area (TPSA) is 81.5 Å². The number of ether oxygens (including phenoxy) is 1. The highest BCUT2D eigenvalue weighted by molar-refractivity contribution is 6.19. The molecule has 0 aliphatic rings. The molecule has 0 fully saturated rings. The van der Waals surface area contributed by atoms with Gasteiger partial charge in [0.05, 0.1) is 10.8 Å². The van der Waals surface area contributed by atoms with E-state index in [1.165, 1.54) is 24.3 Å². The van der Waals surface area contributed by atoms with Crippen molar-refractivity contribution in [3.63, 3.8) is 0 Å². The molecule has 7 heteroatoms. The van der Waals surface area contributed by atoms with Crippen LogP contribution in [0.3, 0.4) is 0 Å². The lowest BCUT2D eigenvalue weighted by Gasteiger charge is -2.03. The number of halogens is 1. The summed E-state index contributed by atoms with van der Waals surface area (Å²) < 4.78 is 4.71. The van der Waals surface area contributed by atoms with Gasteiger partial charge in [-0.3, -0.25) is 15.4 Å². The molecular weight excluding hydrogens is 260 g/mol. The van der Waals surface area contributed by atoms with E-state index in [1.54, 1.807) is 0 Å². The number of carbonyl (C=O) groups is 1. The molecule has 1 N–H and O–H groups in total. The highest BCUT2D eigenvalue weighted by Crippen LogP contribution is 2.15. The lowest BCUT2D eigenvalue weighted by molar-refractivity contribution is -0.384. The van der Waals surface area contributed by atoms with Gasteiger partial charge in [-0.2, -0.15) is 0 Å². The third-order valence-corrected chi connectivity index (χ3v) is 1.93. The van der Waals surface area contributed by atoms with E-state index in [2.05, 4.69) is 17.2 Å². The lowest BCUT2D eigenvalue weighted by atomic mass is 10.3. The average molecular weight is 269 g/mol. The molecule has 0 spiro atoms. The molecule has 0 saturated carbocycles. The molecule has 94 valence electrons. The molecule has 0 bridgehead atoms. The summed E-state index contributed by atoms with van der Waals surface area (Å²) in [6, 6.07) is 5.37. The summed E-state index contributed by atoms with van der Waals surface area (Å²) in [5.74, 6) is 5.22. The number of hydrogen-bond donors (Lipinski definition) is 1. The molecular formula is C11H9ClN2O4. The normalized spacial score (nSPS) is 8.94. The summed E-state index contributed by atoms with van der Waals surface area (Å²) in [6.45, 7) is -0.0640. The molecule has 0 aliphatic carbocycles. The number of benzene rings is 1. The van der Waals surface area contributed by atoms with E-state index >= 15 is 0 Å². The molecule has 1 amide bonds. The van der Waals surface area contributed by atoms with Crippen LogP contribution >= 0.6 is 11.6 Å². The monoisotopic (exact) mass is 268 g/mol. The molecule has 0 atom stereocenters. The van der Waals surface area contributed by atoms with E-state index in [0.717, 1.165) is 0 Å². The summed E-state index contributed by atoms with van der Waals surface area (Å²) in [6.07, 6.45) is -0.687. The number of nitrogens with one attached hydrogen (secondary N) is 1. The van der Waals surface area contributed by atoms with E-state index < -0.39 is 11.0 Å². The Labute approximate surface area is 108 Å². The van der Waals surface area contributed by atoms with E-state index in [-0.39, 0.29) is 18.2 Å². The number of nitro benzene ring substituents is 1. The lowest BCUT2D eigenvalue weighted by Crippen LogP contribution is -2.13. The van der Waals surface area contributed by atoms with Crippen LogP contribution in [0.15, 0.2) is 24.3 Å². The van der Waals surface area contributed by atoms with Crippen molar-refractivity contribution < 1.29 is 14.5 Å². The van der Waals surface area contributed by atoms with Gasteiger partial charge in [0.25, 0.3) is 5.69 Å². The second-order valence-electron chi connectivity index (χ2n) is 2.99. The molecule has 1 rings (SSSR count). The quantitative estimate of drug-likeness (QED) is 0.395. The first-order valence-corrected chi connectivity index (χ1v) is 5.37. The zero-order valence-electron chi connectivity index (χ0n) is 9.18. The zero-order chi connectivity index (χ0) is 13.4. The van der Waals surface area contributed by atoms with Gasteiger partial charge in [0.15, 0.2) is 6.61 Å². The molecule has 6 nitrogen and oxygen atoms in total. The molecule has 0 unspecified atom stereocenters. The number of nitrogens with zero attached hydrogens (tertiary/aromatic N) is 1. The Morgan fingerprint density at radius 2 is 2.06 bits per heavy atom. The molecule has 0 heterocycles. The van der Waals surface area contributed by atoms with Gasteiger partial charge in [-0.1, -0.05) is 11.8 Å². The van der Waals surface area contributed by atoms with Crippen molar-refractivity contribution in [2.45, 2.75) is 0 Å². The Kier molecular flexibility index (Phi) is 5.48. The maximum Gasteiger partial charge on any atom is 0.412 e. The van der Waals surface area contributed by atoms with Crippen LogP contribution in [0.2, 0.25) is 0 Å². The number of hydrogen-bond acceptors (Lipinski definition) is 4. The van der Waals surface area contributed by atoms with Crippen molar-refractivity contribution in [2.75, 3.05) is 17.8 Å². The van der Waals surface area contributed by atoms with Crippen molar-refractivity contribution in [1.29, 1.82) is 0 Å². The number of alkyl halides is 1. The standard InChI is InChI=1S/C11H9ClN2O4/c12-7-1-2-8-18-11(15)13-9-3-5-10(6-4-9)14(16)17/h3-6H,7-8H2,(H,13,15). The first kappa shape index (κ1) is 13.8. The molecule has 1 aromatic rings. The predicted molar refractivity (Wildman–Crippen MR) is 66.6 cm³/mol. The van der Waals surface area contributed by atoms with Crippen molar-refractivity contribution >= 4 is 29.1 Å². The third-order valence-electron chi connectivity index (χ3n) is 1.79. The van der Waals surface area contributed by atoms with Gasteiger partial charge >= 0.3 is 6.09 Å². The number of nitro groups is 1. The largest absolute Gasteiger partial charge is 0.436 e. The third kappa shape index (κ3) is 4.72. The van der Waals surface area contributed by atoms with Gasteiger partial charge in [-0.25, -0.2) is 4.79 Å². The van der Waals surface area contributed by atoms with Crippen LogP contribution < -0.4 is 5.32 Å². The van der Waals surface area contributed by atoms with Gasteiger partial charge < -0.3 is 4.74 Å². The minimum Gasteiger partial charge on any atom is -0.436 e. The summed E-state index contributed by atoms with van der Waals surface area (Å²) in [5, 5.41) is 12.8. The van der Waals surface area contributed by atoms with Crippen LogP contribution in [0.5, 0.6) is 0 Å². The second-order valence-corrected chi connectivity index (χ2v) is 3.26. The van der Waals surface area contributed by atoms with Crippen LogP contribution in [-0.4, -0.2) is 23.5 Å². The Bertz CT molecular complexity index is 490. The number of amides is 1. The van der Waals surface area contributed by atoms with E-state index in [1.807, 2.05) is 0 Å². The SMILES string of the molecule is O=C(Nc1ccc([N+](=O)[O-])cc1)OCC#CCCl. The summed E-state index contributed by atoms with van der Waals surface area (Å²) in [5.41, 5.74) is 0.345. The summed E-state index contributed by atoms with van der Waals surface area (Å²) >= 11 is 5.30. The van der Waals surface area contributed by atoms with Crippen LogP contribution in [-0.2, 0) is 4.74 Å². The van der Waals surface area contributed by atoms with Crippen LogP contribution in [0.4, 0.5) is 16.2 Å². The van der Waals surface area contributed by atoms with Crippen molar-refractivity contribution in [3.05, 3.63) is 34.4 Å². The van der Waals surface area contributed by atoms with Crippen LogP contribution in [0.25, 0.3) is 0 Å². The van der Waals surface area contributed by atoms with Crippen LogP contribution in [0, 0.1) is 22.0 Å². The fraction of sp³-hybridized carbons (Fsp3) is 0.182. The predicted octanol–water partition coefficient (Wildman–Crippen LogP) is 2.39. The highest BCUT2D eigenvalue weighted by atomic mass is 35.5. The average Bonchev–Trinajstić information content (AvgIpc) is 2.35. The van der Waals surface area contributed by atoms with Gasteiger partial charge in [0, 0.05) is 17.8 Å². The summed E-state index contributed by atoms with van der Waals surface area (Å²) in [4.78, 5) is 21.1. The second kappa shape index (κ2) is 7.14. The molecule has 1 aromatic carbocycles. The van der Waals surface area contributed by atoms with E-state index in [4.69, 9.17) is 16.3 Å². The maximum atomic E-state index is 11.2. The van der Waals surface area contributed by atoms with Gasteiger partial charge in [-0.05, 0) is 12.1 Å². The maximum absolute atomic E-state index is 11.2. The first-order valence-electron chi connectivity index (χ1n) is 4.83. The van der Waals surface area contributed by atoms with Crippen molar-refractivity contribution in [3.8, 4) is 11.8 Å². The first-order chi connectivity index (χ1) is 8.63. The van der Waals surface area contributed by atoms with Crippen molar-refractivity contribution in [2.24, 2.45) is 0 Å². The van der Waals surface area contributed by atoms with Gasteiger partial charge in [0.1, 0.15) is 0 Å². The smallest absolute Gasteiger partial charge is 0.412 e. The van der Waals surface area contributed by atoms with E-state index in [9.17, 15) is 14.9 Å². The molecule has 0 aliphatic heterocycles.